The minimum atomic E-state index is 0.754. The maximum Gasteiger partial charge on any atom is 0.112 e. The summed E-state index contributed by atoms with van der Waals surface area (Å²) in [6.45, 7) is 0. The Kier molecular flexibility index (Phi) is 3.71. The summed E-state index contributed by atoms with van der Waals surface area (Å²) in [5.74, 6) is 0. The highest BCUT2D eigenvalue weighted by atomic mass is 16.6. The summed E-state index contributed by atoms with van der Waals surface area (Å²) in [4.78, 5) is 10.1. The van der Waals surface area contributed by atoms with Gasteiger partial charge in [0.2, 0.25) is 0 Å². The summed E-state index contributed by atoms with van der Waals surface area (Å²) in [6, 6.07) is 18.2. The van der Waals surface area contributed by atoms with Gasteiger partial charge in [0.05, 0.1) is 12.8 Å². The average Bonchev–Trinajstić information content (AvgIpc) is 2.65. The van der Waals surface area contributed by atoms with Crippen LogP contribution in [-0.4, -0.2) is 14.2 Å². The highest BCUT2D eigenvalue weighted by molar-refractivity contribution is 6.09. The fourth-order valence-electron chi connectivity index (χ4n) is 2.55. The largest absolute Gasteiger partial charge is 0.399 e. The molecule has 3 aromatic rings. The number of rotatable bonds is 3. The molecule has 0 aromatic heterocycles. The zero-order chi connectivity index (χ0) is 14.7. The lowest BCUT2D eigenvalue weighted by Crippen LogP contribution is -2.03. The molecule has 4 nitrogen and oxygen atoms in total. The monoisotopic (exact) mass is 280 g/mol. The summed E-state index contributed by atoms with van der Waals surface area (Å²) >= 11 is 0. The average molecular weight is 280 g/mol. The number of hydrogen-bond donors (Lipinski definition) is 1. The molecule has 3 rings (SSSR count). The van der Waals surface area contributed by atoms with Crippen LogP contribution in [0.2, 0.25) is 0 Å². The van der Waals surface area contributed by atoms with Crippen molar-refractivity contribution in [1.82, 2.24) is 0 Å². The molecular weight excluding hydrogens is 264 g/mol. The van der Waals surface area contributed by atoms with Gasteiger partial charge >= 0.3 is 0 Å². The molecule has 3 aromatic carbocycles. The van der Waals surface area contributed by atoms with E-state index in [1.54, 1.807) is 14.2 Å². The predicted octanol–water partition coefficient (Wildman–Crippen LogP) is 3.43. The van der Waals surface area contributed by atoms with Gasteiger partial charge in [-0.1, -0.05) is 53.7 Å². The molecule has 0 aliphatic rings. The third-order valence-corrected chi connectivity index (χ3v) is 3.39. The van der Waals surface area contributed by atoms with Gasteiger partial charge in [0, 0.05) is 10.8 Å². The highest BCUT2D eigenvalue weighted by Gasteiger charge is 2.05. The summed E-state index contributed by atoms with van der Waals surface area (Å²) in [5.41, 5.74) is 3.78. The Balaban J connectivity index is 2.60. The zero-order valence-corrected chi connectivity index (χ0v) is 12.0. The Morgan fingerprint density at radius 3 is 2.00 bits per heavy atom. The molecule has 1 N–H and O–H groups in total. The molecule has 0 aliphatic heterocycles. The van der Waals surface area contributed by atoms with Crippen LogP contribution in [0, 0.1) is 0 Å². The summed E-state index contributed by atoms with van der Waals surface area (Å²) in [5, 5.41) is 9.24. The minimum absolute atomic E-state index is 0.754. The molecule has 106 valence electrons. The normalized spacial score (nSPS) is 11.8. The van der Waals surface area contributed by atoms with Crippen molar-refractivity contribution in [2.24, 2.45) is 5.16 Å². The van der Waals surface area contributed by atoms with E-state index in [1.807, 2.05) is 36.4 Å². The lowest BCUT2D eigenvalue weighted by molar-refractivity contribution is 0.201. The van der Waals surface area contributed by atoms with Gasteiger partial charge in [0.15, 0.2) is 0 Å². The Morgan fingerprint density at radius 2 is 1.38 bits per heavy atom. The van der Waals surface area contributed by atoms with Gasteiger partial charge in [-0.05, 0) is 16.8 Å². The first-order valence-corrected chi connectivity index (χ1v) is 6.66. The van der Waals surface area contributed by atoms with Gasteiger partial charge in [0.25, 0.3) is 0 Å². The molecule has 21 heavy (non-hydrogen) atoms. The Morgan fingerprint density at radius 1 is 0.810 bits per heavy atom. The quantitative estimate of drug-likeness (QED) is 0.747. The number of benzene rings is 2. The fourth-order valence-corrected chi connectivity index (χ4v) is 2.55. The molecule has 0 radical (unpaired) electrons. The SMILES string of the molecule is CON=c1cc(NOC)c2ccccc2c2ccccc12. The predicted molar refractivity (Wildman–Crippen MR) is 84.7 cm³/mol. The number of fused-ring (bicyclic) bond motifs is 3. The molecule has 4 heteroatoms. The van der Waals surface area contributed by atoms with Gasteiger partial charge in [-0.15, -0.1) is 0 Å². The van der Waals surface area contributed by atoms with E-state index in [9.17, 15) is 0 Å². The van der Waals surface area contributed by atoms with Gasteiger partial charge in [-0.25, -0.2) is 0 Å². The van der Waals surface area contributed by atoms with Gasteiger partial charge < -0.3 is 4.84 Å². The fraction of sp³-hybridized carbons (Fsp3) is 0.118. The van der Waals surface area contributed by atoms with Crippen molar-refractivity contribution in [3.8, 4) is 0 Å². The molecular formula is C17H16N2O2. The van der Waals surface area contributed by atoms with Gasteiger partial charge in [0.1, 0.15) is 12.5 Å². The van der Waals surface area contributed by atoms with Crippen molar-refractivity contribution in [3.63, 3.8) is 0 Å². The third kappa shape index (κ3) is 2.41. The molecule has 0 saturated carbocycles. The van der Waals surface area contributed by atoms with Crippen molar-refractivity contribution in [3.05, 3.63) is 60.0 Å². The van der Waals surface area contributed by atoms with Crippen LogP contribution in [0.25, 0.3) is 21.5 Å². The second kappa shape index (κ2) is 5.81. The van der Waals surface area contributed by atoms with E-state index in [0.29, 0.717) is 0 Å². The van der Waals surface area contributed by atoms with E-state index in [0.717, 1.165) is 32.6 Å². The number of nitrogens with one attached hydrogen (secondary N) is 1. The first-order valence-electron chi connectivity index (χ1n) is 6.66. The molecule has 0 aliphatic carbocycles. The van der Waals surface area contributed by atoms with Crippen molar-refractivity contribution < 1.29 is 9.68 Å². The zero-order valence-electron chi connectivity index (χ0n) is 12.0. The van der Waals surface area contributed by atoms with E-state index in [-0.39, 0.29) is 0 Å². The van der Waals surface area contributed by atoms with Crippen LogP contribution in [0.15, 0.2) is 59.8 Å². The van der Waals surface area contributed by atoms with Crippen LogP contribution >= 0.6 is 0 Å². The molecule has 0 fully saturated rings. The van der Waals surface area contributed by atoms with E-state index in [4.69, 9.17) is 9.68 Å². The molecule has 0 spiro atoms. The minimum Gasteiger partial charge on any atom is -0.399 e. The van der Waals surface area contributed by atoms with E-state index in [2.05, 4.69) is 28.8 Å². The summed E-state index contributed by atoms with van der Waals surface area (Å²) in [7, 11) is 3.14. The van der Waals surface area contributed by atoms with Crippen molar-refractivity contribution >= 4 is 27.2 Å². The molecule has 0 unspecified atom stereocenters. The molecule has 0 bridgehead atoms. The molecule has 0 atom stereocenters. The van der Waals surface area contributed by atoms with Gasteiger partial charge in [-0.3, -0.25) is 10.3 Å². The van der Waals surface area contributed by atoms with Crippen molar-refractivity contribution in [1.29, 1.82) is 0 Å². The van der Waals surface area contributed by atoms with Crippen LogP contribution in [0.3, 0.4) is 0 Å². The van der Waals surface area contributed by atoms with E-state index in [1.165, 1.54) is 0 Å². The van der Waals surface area contributed by atoms with Gasteiger partial charge in [-0.2, -0.15) is 0 Å². The number of anilines is 1. The van der Waals surface area contributed by atoms with Crippen molar-refractivity contribution in [2.75, 3.05) is 19.7 Å². The van der Waals surface area contributed by atoms with Crippen LogP contribution in [0.5, 0.6) is 0 Å². The summed E-state index contributed by atoms with van der Waals surface area (Å²) < 4.78 is 0. The van der Waals surface area contributed by atoms with Crippen LogP contribution in [0.1, 0.15) is 0 Å². The number of hydrogen-bond acceptors (Lipinski definition) is 4. The highest BCUT2D eigenvalue weighted by Crippen LogP contribution is 2.27. The Labute approximate surface area is 122 Å². The van der Waals surface area contributed by atoms with Crippen molar-refractivity contribution in [2.45, 2.75) is 0 Å². The first-order chi connectivity index (χ1) is 10.3. The second-order valence-corrected chi connectivity index (χ2v) is 4.61. The lowest BCUT2D eigenvalue weighted by Gasteiger charge is -2.03. The maximum atomic E-state index is 5.10. The maximum absolute atomic E-state index is 5.10. The topological polar surface area (TPSA) is 42.8 Å². The Bertz CT molecular complexity index is 860. The van der Waals surface area contributed by atoms with Crippen LogP contribution in [-0.2, 0) is 9.68 Å². The molecule has 0 saturated heterocycles. The molecule has 0 heterocycles. The third-order valence-electron chi connectivity index (χ3n) is 3.39. The van der Waals surface area contributed by atoms with Crippen LogP contribution in [0.4, 0.5) is 5.69 Å². The Hall–Kier alpha value is -2.59. The molecule has 0 amide bonds. The smallest absolute Gasteiger partial charge is 0.112 e. The standard InChI is InChI=1S/C17H16N2O2/c1-20-18-16-11-17(19-21-2)15-10-6-4-8-13(15)12-7-3-5-9-14(12)16/h3-11,18H,1-2H3. The second-order valence-electron chi connectivity index (χ2n) is 4.61. The lowest BCUT2D eigenvalue weighted by atomic mass is 10.1. The first kappa shape index (κ1) is 13.4. The van der Waals surface area contributed by atoms with E-state index >= 15 is 0 Å². The van der Waals surface area contributed by atoms with Crippen LogP contribution < -0.4 is 10.8 Å². The number of nitrogens with zero attached hydrogens (tertiary/aromatic N) is 1. The van der Waals surface area contributed by atoms with E-state index < -0.39 is 0 Å². The summed E-state index contributed by atoms with van der Waals surface area (Å²) in [6.07, 6.45) is 0.